The number of hydrogen-bond donors (Lipinski definition) is 0. The predicted octanol–water partition coefficient (Wildman–Crippen LogP) is 17.9. The van der Waals surface area contributed by atoms with Gasteiger partial charge in [0.05, 0.1) is 0 Å². The number of fused-ring (bicyclic) bond motifs is 3. The van der Waals surface area contributed by atoms with Crippen LogP contribution in [0.25, 0.3) is 32.9 Å². The SMILES string of the molecule is CCCCCCCCCCCCCCCCCCN(CCCCCCCCCCCCCCCCCC)C(=O)C(Cc1ccc2c(c1)c1ccccc1n2CC)N=C([O-])CCCCC[n+]1ccc(-c2cc[nH+]cc2)cc1. The van der Waals surface area contributed by atoms with Crippen LogP contribution in [0.1, 0.15) is 257 Å². The smallest absolute Gasteiger partial charge is 0.247 e. The molecule has 420 valence electrons. The monoisotopic (exact) mass is 1040 g/mol. The molecule has 1 N–H and O–H groups in total. The van der Waals surface area contributed by atoms with Gasteiger partial charge in [-0.15, -0.1) is 0 Å². The van der Waals surface area contributed by atoms with Crippen molar-refractivity contribution in [1.82, 2.24) is 9.47 Å². The van der Waals surface area contributed by atoms with Gasteiger partial charge < -0.3 is 14.6 Å². The van der Waals surface area contributed by atoms with Crippen LogP contribution in [0.5, 0.6) is 0 Å². The Labute approximate surface area is 464 Å². The molecule has 76 heavy (non-hydrogen) atoms. The van der Waals surface area contributed by atoms with E-state index in [0.717, 1.165) is 76.7 Å². The van der Waals surface area contributed by atoms with E-state index < -0.39 is 6.04 Å². The average Bonchev–Trinajstić information content (AvgIpc) is 3.77. The summed E-state index contributed by atoms with van der Waals surface area (Å²) in [7, 11) is 0. The molecule has 0 spiro atoms. The molecule has 0 saturated heterocycles. The topological polar surface area (TPSA) is 78.7 Å². The van der Waals surface area contributed by atoms with Crippen LogP contribution in [-0.2, 0) is 24.3 Å². The molecule has 7 nitrogen and oxygen atoms in total. The number of aromatic amines is 1. The van der Waals surface area contributed by atoms with Crippen LogP contribution in [0.15, 0.2) is 96.5 Å². The van der Waals surface area contributed by atoms with Crippen LogP contribution in [-0.4, -0.2) is 40.4 Å². The lowest BCUT2D eigenvalue weighted by atomic mass is 10.0. The first kappa shape index (κ1) is 62.3. The van der Waals surface area contributed by atoms with Crippen molar-refractivity contribution in [3.8, 4) is 11.1 Å². The zero-order chi connectivity index (χ0) is 53.5. The average molecular weight is 1040 g/mol. The number of amides is 1. The first-order valence-corrected chi connectivity index (χ1v) is 32.0. The molecule has 2 aromatic carbocycles. The molecule has 7 heteroatoms. The Morgan fingerprint density at radius 1 is 0.526 bits per heavy atom. The molecule has 1 amide bonds. The van der Waals surface area contributed by atoms with Gasteiger partial charge in [0.1, 0.15) is 12.6 Å². The number of aromatic nitrogens is 3. The lowest BCUT2D eigenvalue weighted by Crippen LogP contribution is -2.41. The summed E-state index contributed by atoms with van der Waals surface area (Å²) in [5.74, 6) is -0.0938. The maximum absolute atomic E-state index is 15.0. The molecule has 0 saturated carbocycles. The third kappa shape index (κ3) is 24.4. The van der Waals surface area contributed by atoms with Crippen LogP contribution in [0.3, 0.4) is 0 Å². The molecule has 1 unspecified atom stereocenters. The first-order valence-electron chi connectivity index (χ1n) is 32.0. The number of nitrogens with zero attached hydrogens (tertiary/aromatic N) is 4. The zero-order valence-electron chi connectivity index (χ0n) is 48.8. The highest BCUT2D eigenvalue weighted by Gasteiger charge is 2.25. The maximum Gasteiger partial charge on any atom is 0.247 e. The summed E-state index contributed by atoms with van der Waals surface area (Å²) in [5, 5.41) is 16.3. The number of carbonyl (C=O) groups excluding carboxylic acids is 1. The van der Waals surface area contributed by atoms with E-state index in [1.165, 1.54) is 213 Å². The molecule has 0 radical (unpaired) electrons. The molecular formula is C69H108N5O2+. The highest BCUT2D eigenvalue weighted by molar-refractivity contribution is 6.08. The summed E-state index contributed by atoms with van der Waals surface area (Å²) < 4.78 is 4.60. The van der Waals surface area contributed by atoms with Crippen LogP contribution in [0, 0.1) is 0 Å². The Bertz CT molecular complexity index is 2230. The lowest BCUT2D eigenvalue weighted by Gasteiger charge is -2.27. The number of carbonyl (C=O) groups is 1. The van der Waals surface area contributed by atoms with Crippen molar-refractivity contribution in [3.63, 3.8) is 0 Å². The van der Waals surface area contributed by atoms with E-state index >= 15 is 4.79 Å². The van der Waals surface area contributed by atoms with Crippen molar-refractivity contribution in [2.24, 2.45) is 4.99 Å². The molecule has 0 fully saturated rings. The number of nitrogens with one attached hydrogen (secondary N) is 1. The summed E-state index contributed by atoms with van der Waals surface area (Å²) in [6.45, 7) is 10.1. The molecule has 1 atom stereocenters. The third-order valence-corrected chi connectivity index (χ3v) is 16.3. The Morgan fingerprint density at radius 3 is 1.47 bits per heavy atom. The number of aliphatic imine (C=N–C) groups is 1. The second-order valence-corrected chi connectivity index (χ2v) is 22.7. The summed E-state index contributed by atoms with van der Waals surface area (Å²) in [5.41, 5.74) is 5.90. The molecule has 0 bridgehead atoms. The summed E-state index contributed by atoms with van der Waals surface area (Å²) in [6.07, 6.45) is 54.3. The second-order valence-electron chi connectivity index (χ2n) is 22.7. The Balaban J connectivity index is 1.16. The number of benzene rings is 2. The van der Waals surface area contributed by atoms with Crippen molar-refractivity contribution in [2.45, 2.75) is 277 Å². The van der Waals surface area contributed by atoms with Crippen molar-refractivity contribution < 1.29 is 19.5 Å². The van der Waals surface area contributed by atoms with E-state index in [1.54, 1.807) is 0 Å². The van der Waals surface area contributed by atoms with Crippen molar-refractivity contribution in [3.05, 3.63) is 97.1 Å². The second kappa shape index (κ2) is 39.8. The fraction of sp³-hybridized carbons (Fsp3) is 0.652. The van der Waals surface area contributed by atoms with E-state index in [9.17, 15) is 5.11 Å². The van der Waals surface area contributed by atoms with Gasteiger partial charge in [-0.2, -0.15) is 0 Å². The van der Waals surface area contributed by atoms with E-state index in [1.807, 2.05) is 12.4 Å². The molecule has 0 aliphatic rings. The van der Waals surface area contributed by atoms with Crippen molar-refractivity contribution >= 4 is 33.6 Å². The molecular weight excluding hydrogens is 931 g/mol. The number of pyridine rings is 2. The van der Waals surface area contributed by atoms with E-state index in [2.05, 4.69) is 119 Å². The van der Waals surface area contributed by atoms with E-state index in [4.69, 9.17) is 4.99 Å². The van der Waals surface area contributed by atoms with Gasteiger partial charge in [0.15, 0.2) is 24.8 Å². The maximum atomic E-state index is 15.0. The van der Waals surface area contributed by atoms with Gasteiger partial charge >= 0.3 is 0 Å². The van der Waals surface area contributed by atoms with Crippen molar-refractivity contribution in [1.29, 1.82) is 0 Å². The van der Waals surface area contributed by atoms with Crippen LogP contribution in [0.2, 0.25) is 0 Å². The van der Waals surface area contributed by atoms with Gasteiger partial charge in [-0.3, -0.25) is 9.79 Å². The fourth-order valence-corrected chi connectivity index (χ4v) is 11.6. The Hall–Kier alpha value is -4.52. The highest BCUT2D eigenvalue weighted by Crippen LogP contribution is 2.31. The van der Waals surface area contributed by atoms with Gasteiger partial charge in [0.2, 0.25) is 5.91 Å². The van der Waals surface area contributed by atoms with Gasteiger partial charge in [-0.05, 0) is 79.8 Å². The van der Waals surface area contributed by atoms with Gasteiger partial charge in [-0.25, -0.2) is 9.55 Å². The number of rotatable bonds is 46. The third-order valence-electron chi connectivity index (χ3n) is 16.3. The van der Waals surface area contributed by atoms with E-state index in [-0.39, 0.29) is 11.8 Å². The number of hydrogen-bond acceptors (Lipinski definition) is 3. The quantitative estimate of drug-likeness (QED) is 0.0168. The molecule has 0 aliphatic carbocycles. The van der Waals surface area contributed by atoms with Gasteiger partial charge in [0.25, 0.3) is 0 Å². The molecule has 5 aromatic rings. The predicted molar refractivity (Wildman–Crippen MR) is 323 cm³/mol. The highest BCUT2D eigenvalue weighted by atomic mass is 16.3. The minimum absolute atomic E-state index is 0.0415. The van der Waals surface area contributed by atoms with Crippen molar-refractivity contribution in [2.75, 3.05) is 13.1 Å². The lowest BCUT2D eigenvalue weighted by molar-refractivity contribution is -0.697. The summed E-state index contributed by atoms with van der Waals surface area (Å²) in [6, 6.07) is 23.1. The molecule has 0 aliphatic heterocycles. The Morgan fingerprint density at radius 2 is 0.974 bits per heavy atom. The normalized spacial score (nSPS) is 12.3. The van der Waals surface area contributed by atoms with E-state index in [0.29, 0.717) is 12.8 Å². The minimum atomic E-state index is -0.719. The number of unbranched alkanes of at least 4 members (excludes halogenated alkanes) is 32. The number of para-hydroxylation sites is 1. The fourth-order valence-electron chi connectivity index (χ4n) is 11.6. The number of aryl methyl sites for hydroxylation is 2. The summed E-state index contributed by atoms with van der Waals surface area (Å²) in [4.78, 5) is 25.1. The first-order chi connectivity index (χ1) is 37.5. The zero-order valence-corrected chi connectivity index (χ0v) is 48.8. The number of H-pyrrole nitrogens is 1. The molecule has 3 aromatic heterocycles. The van der Waals surface area contributed by atoms with Crippen LogP contribution in [0.4, 0.5) is 0 Å². The van der Waals surface area contributed by atoms with Gasteiger partial charge in [0, 0.05) is 78.5 Å². The summed E-state index contributed by atoms with van der Waals surface area (Å²) >= 11 is 0. The van der Waals surface area contributed by atoms with Crippen LogP contribution >= 0.6 is 0 Å². The largest absolute Gasteiger partial charge is 0.862 e. The van der Waals surface area contributed by atoms with Gasteiger partial charge in [-0.1, -0.05) is 231 Å². The van der Waals surface area contributed by atoms with Crippen LogP contribution < -0.4 is 14.7 Å². The minimum Gasteiger partial charge on any atom is -0.862 e. The molecule has 3 heterocycles. The molecule has 5 rings (SSSR count). The Kier molecular flexibility index (Phi) is 32.6. The standard InChI is InChI=1S/C69H107N5O2/c1-4-7-9-11-13-15-17-19-21-23-25-27-29-31-33-40-54-73(55-41-34-32-30-28-26-24-22-20-18-16-14-12-10-8-5-2)69(76)65(59-60-45-46-67-64(58-60)63-42-37-38-43-66(63)74(67)6-3)71-68(75)44-36-35-39-53-72-56-49-62(50-57-72)61-47-51-70-52-48-61/h37-38,42-43,45-52,56-58,65H,4-36,39-41,44,53-55,59H2,1-3H3/p+1.